The second-order valence-corrected chi connectivity index (χ2v) is 3.96. The van der Waals surface area contributed by atoms with Crippen molar-refractivity contribution in [3.05, 3.63) is 29.8 Å². The van der Waals surface area contributed by atoms with E-state index in [0.717, 1.165) is 5.56 Å². The van der Waals surface area contributed by atoms with E-state index in [9.17, 15) is 0 Å². The lowest BCUT2D eigenvalue weighted by atomic mass is 10.2. The van der Waals surface area contributed by atoms with E-state index < -0.39 is 0 Å². The van der Waals surface area contributed by atoms with Crippen molar-refractivity contribution in [2.24, 2.45) is 0 Å². The fourth-order valence-electron chi connectivity index (χ4n) is 1.21. The second kappa shape index (κ2) is 8.06. The molecule has 0 saturated heterocycles. The third-order valence-electron chi connectivity index (χ3n) is 2.05. The third kappa shape index (κ3) is 6.94. The minimum Gasteiger partial charge on any atom is -0.508 e. The van der Waals surface area contributed by atoms with Crippen molar-refractivity contribution in [2.45, 2.75) is 26.6 Å². The molecule has 0 saturated carbocycles. The summed E-state index contributed by atoms with van der Waals surface area (Å²) in [6, 6.07) is 6.90. The molecule has 0 fully saturated rings. The first-order chi connectivity index (χ1) is 8.18. The Balaban J connectivity index is 1.99. The molecular weight excluding hydrogens is 220 g/mol. The topological polar surface area (TPSA) is 47.9 Å². The number of ether oxygens (including phenoxy) is 3. The molecule has 0 heterocycles. The molecule has 1 rings (SSSR count). The fourth-order valence-corrected chi connectivity index (χ4v) is 1.21. The molecule has 0 aliphatic carbocycles. The van der Waals surface area contributed by atoms with Gasteiger partial charge in [0, 0.05) is 0 Å². The van der Waals surface area contributed by atoms with Gasteiger partial charge in [-0.05, 0) is 31.5 Å². The van der Waals surface area contributed by atoms with Crippen molar-refractivity contribution in [1.29, 1.82) is 0 Å². The van der Waals surface area contributed by atoms with Gasteiger partial charge in [0.25, 0.3) is 0 Å². The van der Waals surface area contributed by atoms with Gasteiger partial charge in [-0.3, -0.25) is 0 Å². The van der Waals surface area contributed by atoms with Gasteiger partial charge in [0.05, 0.1) is 25.9 Å². The number of aromatic hydroxyl groups is 1. The standard InChI is InChI=1S/C13H20O4/c1-11(2)17-8-7-15-10-16-9-12-3-5-13(14)6-4-12/h3-6,11,14H,7-10H2,1-2H3. The van der Waals surface area contributed by atoms with Gasteiger partial charge in [-0.25, -0.2) is 0 Å². The Morgan fingerprint density at radius 2 is 1.76 bits per heavy atom. The van der Waals surface area contributed by atoms with Gasteiger partial charge in [0.15, 0.2) is 0 Å². The molecule has 17 heavy (non-hydrogen) atoms. The number of hydrogen-bond donors (Lipinski definition) is 1. The number of phenols is 1. The predicted molar refractivity (Wildman–Crippen MR) is 64.8 cm³/mol. The van der Waals surface area contributed by atoms with Crippen LogP contribution in [0.5, 0.6) is 5.75 Å². The molecular formula is C13H20O4. The van der Waals surface area contributed by atoms with Gasteiger partial charge >= 0.3 is 0 Å². The molecule has 1 N–H and O–H groups in total. The van der Waals surface area contributed by atoms with Crippen molar-refractivity contribution in [3.8, 4) is 5.75 Å². The van der Waals surface area contributed by atoms with Crippen LogP contribution in [0.25, 0.3) is 0 Å². The monoisotopic (exact) mass is 240 g/mol. The van der Waals surface area contributed by atoms with Gasteiger partial charge in [-0.15, -0.1) is 0 Å². The average Bonchev–Trinajstić information content (AvgIpc) is 2.30. The highest BCUT2D eigenvalue weighted by Gasteiger charge is 1.95. The molecule has 0 spiro atoms. The Hall–Kier alpha value is -1.10. The molecule has 0 aliphatic rings. The van der Waals surface area contributed by atoms with E-state index in [1.165, 1.54) is 0 Å². The van der Waals surface area contributed by atoms with E-state index in [-0.39, 0.29) is 18.6 Å². The Bertz CT molecular complexity index is 295. The molecule has 0 amide bonds. The minimum atomic E-state index is 0.233. The minimum absolute atomic E-state index is 0.233. The maximum atomic E-state index is 9.09. The summed E-state index contributed by atoms with van der Waals surface area (Å²) in [5.74, 6) is 0.260. The molecule has 0 bridgehead atoms. The first kappa shape index (κ1) is 14.0. The lowest BCUT2D eigenvalue weighted by Gasteiger charge is -2.08. The Morgan fingerprint density at radius 3 is 2.41 bits per heavy atom. The van der Waals surface area contributed by atoms with Crippen LogP contribution in [0.4, 0.5) is 0 Å². The number of phenolic OH excluding ortho intramolecular Hbond substituents is 1. The van der Waals surface area contributed by atoms with Crippen LogP contribution in [0, 0.1) is 0 Å². The van der Waals surface area contributed by atoms with Crippen molar-refractivity contribution in [2.75, 3.05) is 20.0 Å². The highest BCUT2D eigenvalue weighted by Crippen LogP contribution is 2.10. The lowest BCUT2D eigenvalue weighted by Crippen LogP contribution is -2.11. The molecule has 96 valence electrons. The number of benzene rings is 1. The van der Waals surface area contributed by atoms with Crippen LogP contribution in [-0.4, -0.2) is 31.2 Å². The van der Waals surface area contributed by atoms with Crippen molar-refractivity contribution in [3.63, 3.8) is 0 Å². The van der Waals surface area contributed by atoms with Gasteiger partial charge in [0.1, 0.15) is 12.5 Å². The maximum absolute atomic E-state index is 9.09. The van der Waals surface area contributed by atoms with Crippen LogP contribution < -0.4 is 0 Å². The van der Waals surface area contributed by atoms with E-state index >= 15 is 0 Å². The van der Waals surface area contributed by atoms with Crippen LogP contribution in [-0.2, 0) is 20.8 Å². The zero-order valence-corrected chi connectivity index (χ0v) is 10.4. The Morgan fingerprint density at radius 1 is 1.06 bits per heavy atom. The third-order valence-corrected chi connectivity index (χ3v) is 2.05. The van der Waals surface area contributed by atoms with Gasteiger partial charge < -0.3 is 19.3 Å². The van der Waals surface area contributed by atoms with E-state index in [1.807, 2.05) is 26.0 Å². The summed E-state index contributed by atoms with van der Waals surface area (Å²) in [7, 11) is 0. The first-order valence-corrected chi connectivity index (χ1v) is 5.73. The summed E-state index contributed by atoms with van der Waals surface area (Å²) in [5, 5.41) is 9.09. The highest BCUT2D eigenvalue weighted by molar-refractivity contribution is 5.25. The molecule has 4 nitrogen and oxygen atoms in total. The van der Waals surface area contributed by atoms with Crippen LogP contribution >= 0.6 is 0 Å². The van der Waals surface area contributed by atoms with Crippen molar-refractivity contribution in [1.82, 2.24) is 0 Å². The Kier molecular flexibility index (Phi) is 6.62. The van der Waals surface area contributed by atoms with E-state index in [2.05, 4.69) is 0 Å². The molecule has 0 radical (unpaired) electrons. The van der Waals surface area contributed by atoms with Gasteiger partial charge in [-0.2, -0.15) is 0 Å². The van der Waals surface area contributed by atoms with Gasteiger partial charge in [0.2, 0.25) is 0 Å². The van der Waals surface area contributed by atoms with Gasteiger partial charge in [-0.1, -0.05) is 12.1 Å². The summed E-state index contributed by atoms with van der Waals surface area (Å²) in [6.45, 7) is 5.82. The second-order valence-electron chi connectivity index (χ2n) is 3.96. The summed E-state index contributed by atoms with van der Waals surface area (Å²) < 4.78 is 15.9. The summed E-state index contributed by atoms with van der Waals surface area (Å²) in [5.41, 5.74) is 1.00. The highest BCUT2D eigenvalue weighted by atomic mass is 16.7. The zero-order valence-electron chi connectivity index (χ0n) is 10.4. The predicted octanol–water partition coefficient (Wildman–Crippen LogP) is 2.31. The van der Waals surface area contributed by atoms with Crippen LogP contribution in [0.2, 0.25) is 0 Å². The van der Waals surface area contributed by atoms with Crippen LogP contribution in [0.15, 0.2) is 24.3 Å². The number of rotatable bonds is 8. The number of hydrogen-bond acceptors (Lipinski definition) is 4. The van der Waals surface area contributed by atoms with E-state index in [0.29, 0.717) is 19.8 Å². The summed E-state index contributed by atoms with van der Waals surface area (Å²) in [6.07, 6.45) is 0.233. The van der Waals surface area contributed by atoms with Crippen LogP contribution in [0.1, 0.15) is 19.4 Å². The largest absolute Gasteiger partial charge is 0.508 e. The first-order valence-electron chi connectivity index (χ1n) is 5.73. The molecule has 0 aromatic heterocycles. The Labute approximate surface area is 102 Å². The SMILES string of the molecule is CC(C)OCCOCOCc1ccc(O)cc1. The maximum Gasteiger partial charge on any atom is 0.147 e. The molecule has 4 heteroatoms. The van der Waals surface area contributed by atoms with Crippen molar-refractivity contribution < 1.29 is 19.3 Å². The molecule has 0 unspecified atom stereocenters. The quantitative estimate of drug-likeness (QED) is 0.559. The molecule has 0 atom stereocenters. The molecule has 1 aromatic rings. The lowest BCUT2D eigenvalue weighted by molar-refractivity contribution is -0.0806. The van der Waals surface area contributed by atoms with E-state index in [4.69, 9.17) is 19.3 Å². The normalized spacial score (nSPS) is 11.0. The smallest absolute Gasteiger partial charge is 0.147 e. The van der Waals surface area contributed by atoms with E-state index in [1.54, 1.807) is 12.1 Å². The summed E-state index contributed by atoms with van der Waals surface area (Å²) >= 11 is 0. The zero-order chi connectivity index (χ0) is 12.5. The molecule has 1 aromatic carbocycles. The summed E-state index contributed by atoms with van der Waals surface area (Å²) in [4.78, 5) is 0. The molecule has 0 aliphatic heterocycles. The van der Waals surface area contributed by atoms with Crippen molar-refractivity contribution >= 4 is 0 Å². The van der Waals surface area contributed by atoms with Crippen LogP contribution in [0.3, 0.4) is 0 Å². The fraction of sp³-hybridized carbons (Fsp3) is 0.538. The average molecular weight is 240 g/mol.